The average molecular weight is 503 g/mol. The van der Waals surface area contributed by atoms with E-state index in [4.69, 9.17) is 16.3 Å². The maximum absolute atomic E-state index is 14.1. The number of ether oxygens (including phenoxy) is 1. The van der Waals surface area contributed by atoms with Crippen LogP contribution in [0.25, 0.3) is 10.9 Å². The molecule has 190 valence electrons. The zero-order valence-corrected chi connectivity index (χ0v) is 22.0. The minimum absolute atomic E-state index is 0.0595. The molecule has 2 heterocycles. The molecule has 6 nitrogen and oxygen atoms in total. The second-order valence-electron chi connectivity index (χ2n) is 7.90. The molecule has 0 bridgehead atoms. The number of hydrogen-bond donors (Lipinski definition) is 2. The van der Waals surface area contributed by atoms with Crippen molar-refractivity contribution < 1.29 is 13.9 Å². The number of piperidine rings is 1. The normalized spacial score (nSPS) is 14.7. The number of methoxy groups -OCH3 is 1. The number of amides is 1. The Bertz CT molecular complexity index is 1110. The zero-order valence-electron chi connectivity index (χ0n) is 21.3. The minimum atomic E-state index is -0.509. The fraction of sp³-hybridized carbons (Fsp3) is 0.444. The third-order valence-corrected chi connectivity index (χ3v) is 5.95. The molecular formula is C27H36ClFN4O2. The standard InChI is InChI=1S/C17H15ClFN3O.C8H15NO.C2H6/c1-3-10-7-11-14(8-15(10)23-2)20-9-21-17(11)22-13-6-4-5-12(18)16(13)19;1-2-4-7-5-3-6-9-8(7)10;1-2/h4-9H,3H2,1-2H3,(H,20,21,22);7H,2-6H2,1H3,(H,9,10);1-2H3. The maximum Gasteiger partial charge on any atom is 0.223 e. The number of anilines is 2. The van der Waals surface area contributed by atoms with Crippen LogP contribution in [0.15, 0.2) is 36.7 Å². The summed E-state index contributed by atoms with van der Waals surface area (Å²) in [6.07, 6.45) is 6.68. The Hall–Kier alpha value is -2.93. The number of halogens is 2. The van der Waals surface area contributed by atoms with Gasteiger partial charge in [0, 0.05) is 23.9 Å². The van der Waals surface area contributed by atoms with Gasteiger partial charge in [0.1, 0.15) is 17.9 Å². The van der Waals surface area contributed by atoms with Crippen LogP contribution in [0.5, 0.6) is 5.75 Å². The quantitative estimate of drug-likeness (QED) is 0.376. The summed E-state index contributed by atoms with van der Waals surface area (Å²) in [5.41, 5.74) is 2.02. The molecule has 0 spiro atoms. The van der Waals surface area contributed by atoms with Crippen molar-refractivity contribution in [1.29, 1.82) is 0 Å². The van der Waals surface area contributed by atoms with Gasteiger partial charge in [0.05, 0.1) is 23.3 Å². The second-order valence-corrected chi connectivity index (χ2v) is 8.31. The van der Waals surface area contributed by atoms with Gasteiger partial charge in [-0.1, -0.05) is 51.8 Å². The van der Waals surface area contributed by atoms with Gasteiger partial charge in [-0.25, -0.2) is 14.4 Å². The van der Waals surface area contributed by atoms with Crippen LogP contribution in [0, 0.1) is 11.7 Å². The van der Waals surface area contributed by atoms with Crippen molar-refractivity contribution in [3.05, 3.63) is 53.1 Å². The van der Waals surface area contributed by atoms with E-state index < -0.39 is 5.82 Å². The Labute approximate surface area is 212 Å². The predicted molar refractivity (Wildman–Crippen MR) is 142 cm³/mol. The molecule has 0 aliphatic carbocycles. The molecule has 2 N–H and O–H groups in total. The molecule has 0 radical (unpaired) electrons. The van der Waals surface area contributed by atoms with E-state index in [0.29, 0.717) is 11.7 Å². The van der Waals surface area contributed by atoms with Crippen molar-refractivity contribution >= 4 is 39.9 Å². The molecule has 1 saturated heterocycles. The van der Waals surface area contributed by atoms with Gasteiger partial charge in [-0.05, 0) is 49.4 Å². The lowest BCUT2D eigenvalue weighted by molar-refractivity contribution is -0.126. The molecule has 1 atom stereocenters. The Morgan fingerprint density at radius 1 is 1.23 bits per heavy atom. The number of rotatable bonds is 6. The van der Waals surface area contributed by atoms with E-state index in [0.717, 1.165) is 60.9 Å². The molecule has 1 aromatic heterocycles. The van der Waals surface area contributed by atoms with Crippen molar-refractivity contribution in [2.24, 2.45) is 5.92 Å². The van der Waals surface area contributed by atoms with E-state index in [1.54, 1.807) is 19.2 Å². The lowest BCUT2D eigenvalue weighted by atomic mass is 9.94. The van der Waals surface area contributed by atoms with Gasteiger partial charge in [-0.2, -0.15) is 0 Å². The maximum atomic E-state index is 14.1. The topological polar surface area (TPSA) is 76.1 Å². The number of carbonyl (C=O) groups is 1. The zero-order chi connectivity index (χ0) is 25.8. The number of aryl methyl sites for hydroxylation is 1. The van der Waals surface area contributed by atoms with Crippen molar-refractivity contribution in [3.8, 4) is 5.75 Å². The highest BCUT2D eigenvalue weighted by Crippen LogP contribution is 2.31. The third-order valence-electron chi connectivity index (χ3n) is 5.66. The first-order chi connectivity index (χ1) is 17.0. The van der Waals surface area contributed by atoms with Crippen LogP contribution in [0.3, 0.4) is 0 Å². The average Bonchev–Trinajstić information content (AvgIpc) is 2.89. The van der Waals surface area contributed by atoms with E-state index in [1.807, 2.05) is 32.9 Å². The predicted octanol–water partition coefficient (Wildman–Crippen LogP) is 7.08. The fourth-order valence-electron chi connectivity index (χ4n) is 3.88. The smallest absolute Gasteiger partial charge is 0.223 e. The third kappa shape index (κ3) is 7.52. The van der Waals surface area contributed by atoms with Gasteiger partial charge in [0.25, 0.3) is 0 Å². The highest BCUT2D eigenvalue weighted by atomic mass is 35.5. The van der Waals surface area contributed by atoms with Crippen LogP contribution >= 0.6 is 11.6 Å². The summed E-state index contributed by atoms with van der Waals surface area (Å²) in [5, 5.41) is 6.73. The number of benzene rings is 2. The summed E-state index contributed by atoms with van der Waals surface area (Å²) in [5.74, 6) is 1.38. The lowest BCUT2D eigenvalue weighted by Gasteiger charge is -2.20. The summed E-state index contributed by atoms with van der Waals surface area (Å²) in [4.78, 5) is 19.6. The second kappa shape index (κ2) is 14.5. The Kier molecular flexibility index (Phi) is 11.7. The Morgan fingerprint density at radius 2 is 2.00 bits per heavy atom. The lowest BCUT2D eigenvalue weighted by Crippen LogP contribution is -2.36. The molecule has 35 heavy (non-hydrogen) atoms. The number of nitrogens with zero attached hydrogens (tertiary/aromatic N) is 2. The van der Waals surface area contributed by atoms with Gasteiger partial charge >= 0.3 is 0 Å². The Balaban J connectivity index is 0.000000302. The van der Waals surface area contributed by atoms with Crippen LogP contribution < -0.4 is 15.4 Å². The number of nitrogens with one attached hydrogen (secondary N) is 2. The molecule has 1 fully saturated rings. The van der Waals surface area contributed by atoms with Crippen molar-refractivity contribution in [3.63, 3.8) is 0 Å². The summed E-state index contributed by atoms with van der Waals surface area (Å²) >= 11 is 5.82. The van der Waals surface area contributed by atoms with E-state index in [-0.39, 0.29) is 16.6 Å². The molecule has 0 saturated carbocycles. The molecule has 1 aliphatic rings. The summed E-state index contributed by atoms with van der Waals surface area (Å²) in [7, 11) is 1.63. The van der Waals surface area contributed by atoms with Crippen LogP contribution in [-0.2, 0) is 11.2 Å². The number of carbonyl (C=O) groups excluding carboxylic acids is 1. The van der Waals surface area contributed by atoms with E-state index in [2.05, 4.69) is 27.5 Å². The summed E-state index contributed by atoms with van der Waals surface area (Å²) in [6.45, 7) is 9.05. The van der Waals surface area contributed by atoms with Gasteiger partial charge in [-0.3, -0.25) is 4.79 Å². The fourth-order valence-corrected chi connectivity index (χ4v) is 4.06. The first-order valence-electron chi connectivity index (χ1n) is 12.3. The van der Waals surface area contributed by atoms with Gasteiger partial charge in [0.15, 0.2) is 5.82 Å². The highest BCUT2D eigenvalue weighted by Gasteiger charge is 2.20. The molecule has 1 aliphatic heterocycles. The van der Waals surface area contributed by atoms with E-state index in [1.165, 1.54) is 12.4 Å². The summed E-state index contributed by atoms with van der Waals surface area (Å²) < 4.78 is 19.5. The number of fused-ring (bicyclic) bond motifs is 1. The van der Waals surface area contributed by atoms with Crippen LogP contribution in [0.1, 0.15) is 58.9 Å². The van der Waals surface area contributed by atoms with Crippen molar-refractivity contribution in [2.45, 2.75) is 59.8 Å². The molecular weight excluding hydrogens is 467 g/mol. The van der Waals surface area contributed by atoms with Gasteiger partial charge in [-0.15, -0.1) is 0 Å². The van der Waals surface area contributed by atoms with Crippen LogP contribution in [0.2, 0.25) is 5.02 Å². The van der Waals surface area contributed by atoms with E-state index >= 15 is 0 Å². The molecule has 2 aromatic carbocycles. The van der Waals surface area contributed by atoms with Crippen LogP contribution in [-0.4, -0.2) is 29.5 Å². The van der Waals surface area contributed by atoms with Gasteiger partial charge < -0.3 is 15.4 Å². The first kappa shape index (κ1) is 28.3. The summed E-state index contributed by atoms with van der Waals surface area (Å²) in [6, 6.07) is 8.60. The molecule has 8 heteroatoms. The van der Waals surface area contributed by atoms with Gasteiger partial charge in [0.2, 0.25) is 5.91 Å². The van der Waals surface area contributed by atoms with Crippen molar-refractivity contribution in [1.82, 2.24) is 15.3 Å². The minimum Gasteiger partial charge on any atom is -0.496 e. The van der Waals surface area contributed by atoms with Crippen molar-refractivity contribution in [2.75, 3.05) is 19.0 Å². The molecule has 3 aromatic rings. The Morgan fingerprint density at radius 3 is 2.66 bits per heavy atom. The SMILES string of the molecule is CC.CCCC1CCCNC1=O.CCc1cc2c(Nc3cccc(Cl)c3F)ncnc2cc1OC. The number of hydrogen-bond acceptors (Lipinski definition) is 5. The highest BCUT2D eigenvalue weighted by molar-refractivity contribution is 6.31. The largest absolute Gasteiger partial charge is 0.496 e. The molecule has 1 unspecified atom stereocenters. The monoisotopic (exact) mass is 502 g/mol. The first-order valence-corrected chi connectivity index (χ1v) is 12.7. The van der Waals surface area contributed by atoms with E-state index in [9.17, 15) is 9.18 Å². The number of aromatic nitrogens is 2. The molecule has 4 rings (SSSR count). The van der Waals surface area contributed by atoms with Crippen LogP contribution in [0.4, 0.5) is 15.9 Å². The molecule has 1 amide bonds.